The molecular formula is C18H26N2O. The highest BCUT2D eigenvalue weighted by Crippen LogP contribution is 2.36. The standard InChI is InChI=1S/C18H26N2O/c1-12(2)13-3-5-14(6-4-13)18(21)20-10-15-7-8-17(19)9-16(15)11-20/h3-6,12,15-17H,7-11,19H2,1-2H3/t15-,16+,17?/m1/s1. The molecule has 0 spiro atoms. The van der Waals surface area contributed by atoms with Crippen LogP contribution in [-0.4, -0.2) is 29.9 Å². The third kappa shape index (κ3) is 2.98. The molecule has 3 nitrogen and oxygen atoms in total. The zero-order valence-corrected chi connectivity index (χ0v) is 13.1. The van der Waals surface area contributed by atoms with Crippen LogP contribution < -0.4 is 5.73 Å². The molecule has 1 saturated carbocycles. The minimum absolute atomic E-state index is 0.188. The summed E-state index contributed by atoms with van der Waals surface area (Å²) in [6.45, 7) is 6.15. The van der Waals surface area contributed by atoms with Gasteiger partial charge in [-0.05, 0) is 54.7 Å². The first kappa shape index (κ1) is 14.6. The van der Waals surface area contributed by atoms with E-state index < -0.39 is 0 Å². The van der Waals surface area contributed by atoms with Crippen LogP contribution in [-0.2, 0) is 0 Å². The second-order valence-corrected chi connectivity index (χ2v) is 7.08. The van der Waals surface area contributed by atoms with Gasteiger partial charge in [-0.15, -0.1) is 0 Å². The minimum atomic E-state index is 0.188. The normalized spacial score (nSPS) is 28.8. The van der Waals surface area contributed by atoms with Gasteiger partial charge < -0.3 is 10.6 Å². The van der Waals surface area contributed by atoms with Crippen LogP contribution in [0.15, 0.2) is 24.3 Å². The van der Waals surface area contributed by atoms with Gasteiger partial charge in [0.05, 0.1) is 0 Å². The van der Waals surface area contributed by atoms with E-state index in [0.717, 1.165) is 31.5 Å². The number of hydrogen-bond acceptors (Lipinski definition) is 2. The van der Waals surface area contributed by atoms with Crippen LogP contribution >= 0.6 is 0 Å². The number of hydrogen-bond donors (Lipinski definition) is 1. The molecule has 1 aromatic rings. The maximum atomic E-state index is 12.6. The molecule has 0 aromatic heterocycles. The molecule has 1 aliphatic carbocycles. The van der Waals surface area contributed by atoms with Crippen molar-refractivity contribution in [2.75, 3.05) is 13.1 Å². The third-order valence-electron chi connectivity index (χ3n) is 5.20. The molecule has 2 N–H and O–H groups in total. The fourth-order valence-corrected chi connectivity index (χ4v) is 3.83. The highest BCUT2D eigenvalue weighted by Gasteiger charge is 2.38. The maximum Gasteiger partial charge on any atom is 0.253 e. The Morgan fingerprint density at radius 3 is 2.48 bits per heavy atom. The Balaban J connectivity index is 1.68. The lowest BCUT2D eigenvalue weighted by Crippen LogP contribution is -2.32. The molecule has 1 heterocycles. The highest BCUT2D eigenvalue weighted by atomic mass is 16.2. The van der Waals surface area contributed by atoms with E-state index in [-0.39, 0.29) is 5.91 Å². The fraction of sp³-hybridized carbons (Fsp3) is 0.611. The van der Waals surface area contributed by atoms with Crippen molar-refractivity contribution in [1.29, 1.82) is 0 Å². The predicted octanol–water partition coefficient (Wildman–Crippen LogP) is 3.01. The van der Waals surface area contributed by atoms with Crippen molar-refractivity contribution in [3.63, 3.8) is 0 Å². The van der Waals surface area contributed by atoms with Crippen LogP contribution in [0.4, 0.5) is 0 Å². The largest absolute Gasteiger partial charge is 0.338 e. The van der Waals surface area contributed by atoms with E-state index >= 15 is 0 Å². The van der Waals surface area contributed by atoms with Gasteiger partial charge in [0.1, 0.15) is 0 Å². The maximum absolute atomic E-state index is 12.6. The number of carbonyl (C=O) groups excluding carboxylic acids is 1. The SMILES string of the molecule is CC(C)c1ccc(C(=O)N2C[C@H]3CCC(N)C[C@H]3C2)cc1. The second-order valence-electron chi connectivity index (χ2n) is 7.08. The van der Waals surface area contributed by atoms with Gasteiger partial charge in [-0.3, -0.25) is 4.79 Å². The van der Waals surface area contributed by atoms with Gasteiger partial charge in [0, 0.05) is 24.7 Å². The van der Waals surface area contributed by atoms with Gasteiger partial charge in [0.2, 0.25) is 0 Å². The minimum Gasteiger partial charge on any atom is -0.338 e. The number of carbonyl (C=O) groups is 1. The number of benzene rings is 1. The van der Waals surface area contributed by atoms with Gasteiger partial charge in [-0.2, -0.15) is 0 Å². The molecule has 3 heteroatoms. The molecule has 1 aromatic carbocycles. The van der Waals surface area contributed by atoms with Crippen molar-refractivity contribution < 1.29 is 4.79 Å². The molecule has 2 aliphatic rings. The summed E-state index contributed by atoms with van der Waals surface area (Å²) in [5.41, 5.74) is 8.17. The lowest BCUT2D eigenvalue weighted by molar-refractivity contribution is 0.0784. The summed E-state index contributed by atoms with van der Waals surface area (Å²) in [7, 11) is 0. The Bertz CT molecular complexity index is 508. The van der Waals surface area contributed by atoms with Gasteiger partial charge >= 0.3 is 0 Å². The van der Waals surface area contributed by atoms with Crippen molar-refractivity contribution in [3.05, 3.63) is 35.4 Å². The van der Waals surface area contributed by atoms with Crippen LogP contribution in [0.5, 0.6) is 0 Å². The smallest absolute Gasteiger partial charge is 0.253 e. The molecule has 1 saturated heterocycles. The summed E-state index contributed by atoms with van der Waals surface area (Å²) in [5.74, 6) is 1.98. The van der Waals surface area contributed by atoms with Gasteiger partial charge in [-0.25, -0.2) is 0 Å². The summed E-state index contributed by atoms with van der Waals surface area (Å²) in [6, 6.07) is 8.46. The molecule has 2 fully saturated rings. The van der Waals surface area contributed by atoms with Crippen LogP contribution in [0.25, 0.3) is 0 Å². The third-order valence-corrected chi connectivity index (χ3v) is 5.20. The van der Waals surface area contributed by atoms with Crippen LogP contribution in [0, 0.1) is 11.8 Å². The van der Waals surface area contributed by atoms with E-state index in [9.17, 15) is 4.79 Å². The number of amides is 1. The zero-order chi connectivity index (χ0) is 15.0. The highest BCUT2D eigenvalue weighted by molar-refractivity contribution is 5.94. The van der Waals surface area contributed by atoms with Gasteiger partial charge in [0.15, 0.2) is 0 Å². The lowest BCUT2D eigenvalue weighted by atomic mass is 9.79. The average Bonchev–Trinajstić information content (AvgIpc) is 2.89. The lowest BCUT2D eigenvalue weighted by Gasteiger charge is -2.27. The number of rotatable bonds is 2. The summed E-state index contributed by atoms with van der Waals surface area (Å²) < 4.78 is 0. The Morgan fingerprint density at radius 2 is 1.81 bits per heavy atom. The summed E-state index contributed by atoms with van der Waals surface area (Å²) >= 11 is 0. The Hall–Kier alpha value is -1.35. The Kier molecular flexibility index (Phi) is 4.03. The molecule has 3 rings (SSSR count). The van der Waals surface area contributed by atoms with Crippen molar-refractivity contribution in [1.82, 2.24) is 4.90 Å². The molecule has 1 aliphatic heterocycles. The van der Waals surface area contributed by atoms with E-state index in [1.54, 1.807) is 0 Å². The first-order chi connectivity index (χ1) is 10.0. The monoisotopic (exact) mass is 286 g/mol. The van der Waals surface area contributed by atoms with Crippen LogP contribution in [0.1, 0.15) is 54.9 Å². The molecule has 0 bridgehead atoms. The molecule has 1 unspecified atom stereocenters. The molecule has 21 heavy (non-hydrogen) atoms. The first-order valence-electron chi connectivity index (χ1n) is 8.19. The first-order valence-corrected chi connectivity index (χ1v) is 8.19. The number of nitrogens with two attached hydrogens (primary N) is 1. The van der Waals surface area contributed by atoms with E-state index in [0.29, 0.717) is 23.8 Å². The van der Waals surface area contributed by atoms with E-state index in [1.807, 2.05) is 17.0 Å². The fourth-order valence-electron chi connectivity index (χ4n) is 3.83. The van der Waals surface area contributed by atoms with Crippen molar-refractivity contribution in [2.24, 2.45) is 17.6 Å². The topological polar surface area (TPSA) is 46.3 Å². The Labute approximate surface area is 127 Å². The molecular weight excluding hydrogens is 260 g/mol. The average molecular weight is 286 g/mol. The quantitative estimate of drug-likeness (QED) is 0.908. The zero-order valence-electron chi connectivity index (χ0n) is 13.1. The molecule has 0 radical (unpaired) electrons. The van der Waals surface area contributed by atoms with Gasteiger partial charge in [-0.1, -0.05) is 26.0 Å². The van der Waals surface area contributed by atoms with E-state index in [2.05, 4.69) is 26.0 Å². The number of fused-ring (bicyclic) bond motifs is 1. The molecule has 3 atom stereocenters. The number of likely N-dealkylation sites (tertiary alicyclic amines) is 1. The van der Waals surface area contributed by atoms with Crippen molar-refractivity contribution in [3.8, 4) is 0 Å². The second kappa shape index (κ2) is 5.80. The molecule has 1 amide bonds. The van der Waals surface area contributed by atoms with E-state index in [1.165, 1.54) is 12.0 Å². The summed E-state index contributed by atoms with van der Waals surface area (Å²) in [6.07, 6.45) is 3.38. The number of nitrogens with zero attached hydrogens (tertiary/aromatic N) is 1. The van der Waals surface area contributed by atoms with Crippen molar-refractivity contribution in [2.45, 2.75) is 45.1 Å². The summed E-state index contributed by atoms with van der Waals surface area (Å²) in [4.78, 5) is 14.7. The van der Waals surface area contributed by atoms with Crippen LogP contribution in [0.2, 0.25) is 0 Å². The van der Waals surface area contributed by atoms with E-state index in [4.69, 9.17) is 5.73 Å². The summed E-state index contributed by atoms with van der Waals surface area (Å²) in [5, 5.41) is 0. The molecule has 114 valence electrons. The van der Waals surface area contributed by atoms with Crippen LogP contribution in [0.3, 0.4) is 0 Å². The Morgan fingerprint density at radius 1 is 1.14 bits per heavy atom. The predicted molar refractivity (Wildman–Crippen MR) is 85.2 cm³/mol. The van der Waals surface area contributed by atoms with Crippen molar-refractivity contribution >= 4 is 5.91 Å². The van der Waals surface area contributed by atoms with Gasteiger partial charge in [0.25, 0.3) is 5.91 Å².